The second kappa shape index (κ2) is 36.2. The zero-order chi connectivity index (χ0) is 32.9. The van der Waals surface area contributed by atoms with Gasteiger partial charge in [0.25, 0.3) is 0 Å². The molecule has 0 saturated carbocycles. The highest BCUT2D eigenvalue weighted by Gasteiger charge is 2.29. The Morgan fingerprint density at radius 3 is 0.978 bits per heavy atom. The molecule has 45 heavy (non-hydrogen) atoms. The van der Waals surface area contributed by atoms with Gasteiger partial charge in [-0.25, -0.2) is 0 Å². The van der Waals surface area contributed by atoms with Crippen molar-refractivity contribution in [2.75, 3.05) is 33.9 Å². The molecular weight excluding hydrogens is 550 g/mol. The van der Waals surface area contributed by atoms with Crippen molar-refractivity contribution in [2.45, 2.75) is 213 Å². The summed E-state index contributed by atoms with van der Waals surface area (Å²) in [6, 6.07) is 0. The molecule has 0 aromatic carbocycles. The Morgan fingerprint density at radius 1 is 0.378 bits per heavy atom. The second-order valence-electron chi connectivity index (χ2n) is 14.4. The normalized spacial score (nSPS) is 12.5. The lowest BCUT2D eigenvalue weighted by Gasteiger charge is -2.36. The highest BCUT2D eigenvalue weighted by atomic mass is 16.7. The maximum Gasteiger partial charge on any atom is 0.308 e. The van der Waals surface area contributed by atoms with E-state index in [2.05, 4.69) is 59.2 Å². The SMILES string of the molecule is CCCCCCCC/C=C\CCCCCCCCOC(OCCCCCCCC/C=C\CCCCCCCC)[N+](C)(C)CCC. The molecule has 0 radical (unpaired) electrons. The van der Waals surface area contributed by atoms with Crippen LogP contribution in [0.5, 0.6) is 0 Å². The molecule has 0 aliphatic carbocycles. The van der Waals surface area contributed by atoms with Gasteiger partial charge in [0.1, 0.15) is 0 Å². The van der Waals surface area contributed by atoms with Crippen molar-refractivity contribution in [3.05, 3.63) is 24.3 Å². The van der Waals surface area contributed by atoms with E-state index in [1.165, 1.54) is 167 Å². The lowest BCUT2D eigenvalue weighted by atomic mass is 10.1. The van der Waals surface area contributed by atoms with E-state index in [1.54, 1.807) is 0 Å². The van der Waals surface area contributed by atoms with Gasteiger partial charge in [-0.1, -0.05) is 161 Å². The van der Waals surface area contributed by atoms with Crippen LogP contribution in [0, 0.1) is 0 Å². The van der Waals surface area contributed by atoms with Crippen LogP contribution < -0.4 is 0 Å². The van der Waals surface area contributed by atoms with Crippen LogP contribution in [0.1, 0.15) is 207 Å². The molecule has 0 saturated heterocycles. The van der Waals surface area contributed by atoms with Crippen molar-refractivity contribution in [3.63, 3.8) is 0 Å². The first kappa shape index (κ1) is 44.4. The molecule has 0 aliphatic rings. The molecule has 0 N–H and O–H groups in total. The van der Waals surface area contributed by atoms with E-state index in [9.17, 15) is 0 Å². The number of quaternary nitrogens is 1. The average Bonchev–Trinajstić information content (AvgIpc) is 3.02. The zero-order valence-electron chi connectivity index (χ0n) is 31.8. The predicted octanol–water partition coefficient (Wildman–Crippen LogP) is 13.9. The highest BCUT2D eigenvalue weighted by Crippen LogP contribution is 2.16. The molecule has 0 aromatic rings. The third-order valence-corrected chi connectivity index (χ3v) is 9.20. The Labute approximate surface area is 285 Å². The predicted molar refractivity (Wildman–Crippen MR) is 202 cm³/mol. The summed E-state index contributed by atoms with van der Waals surface area (Å²) in [5.74, 6) is 0. The number of ether oxygens (including phenoxy) is 2. The molecule has 0 rings (SSSR count). The van der Waals surface area contributed by atoms with Crippen LogP contribution in [0.2, 0.25) is 0 Å². The first-order chi connectivity index (χ1) is 22.1. The summed E-state index contributed by atoms with van der Waals surface area (Å²) in [7, 11) is 4.52. The smallest absolute Gasteiger partial charge is 0.306 e. The lowest BCUT2D eigenvalue weighted by Crippen LogP contribution is -2.52. The summed E-state index contributed by atoms with van der Waals surface area (Å²) in [6.45, 7) is 9.58. The van der Waals surface area contributed by atoms with E-state index in [1.807, 2.05) is 0 Å². The van der Waals surface area contributed by atoms with Gasteiger partial charge in [-0.05, 0) is 70.6 Å². The Balaban J connectivity index is 3.76. The van der Waals surface area contributed by atoms with Gasteiger partial charge in [0.05, 0.1) is 33.9 Å². The number of rotatable bonds is 37. The number of allylic oxidation sites excluding steroid dienone is 4. The fourth-order valence-electron chi connectivity index (χ4n) is 6.20. The zero-order valence-corrected chi connectivity index (χ0v) is 31.8. The van der Waals surface area contributed by atoms with Gasteiger partial charge in [0.15, 0.2) is 0 Å². The topological polar surface area (TPSA) is 18.5 Å². The molecule has 268 valence electrons. The van der Waals surface area contributed by atoms with Crippen molar-refractivity contribution in [1.82, 2.24) is 0 Å². The fourth-order valence-corrected chi connectivity index (χ4v) is 6.20. The molecule has 0 amide bonds. The number of hydrogen-bond acceptors (Lipinski definition) is 2. The molecule has 0 heterocycles. The van der Waals surface area contributed by atoms with Crippen LogP contribution in [0.3, 0.4) is 0 Å². The third kappa shape index (κ3) is 33.1. The van der Waals surface area contributed by atoms with E-state index in [4.69, 9.17) is 9.47 Å². The van der Waals surface area contributed by atoms with Crippen LogP contribution in [0.15, 0.2) is 24.3 Å². The molecule has 0 aromatic heterocycles. The van der Waals surface area contributed by atoms with Crippen molar-refractivity contribution in [2.24, 2.45) is 0 Å². The largest absolute Gasteiger partial charge is 0.308 e. The van der Waals surface area contributed by atoms with Crippen LogP contribution in [0.4, 0.5) is 0 Å². The molecule has 0 aliphatic heterocycles. The van der Waals surface area contributed by atoms with E-state index < -0.39 is 0 Å². The van der Waals surface area contributed by atoms with Crippen molar-refractivity contribution < 1.29 is 14.0 Å². The lowest BCUT2D eigenvalue weighted by molar-refractivity contribution is -0.962. The van der Waals surface area contributed by atoms with Crippen LogP contribution in [-0.2, 0) is 9.47 Å². The Hall–Kier alpha value is -0.640. The first-order valence-corrected chi connectivity index (χ1v) is 20.4. The Bertz CT molecular complexity index is 570. The van der Waals surface area contributed by atoms with Gasteiger partial charge in [0.2, 0.25) is 0 Å². The average molecular weight is 635 g/mol. The van der Waals surface area contributed by atoms with Gasteiger partial charge < -0.3 is 9.47 Å². The van der Waals surface area contributed by atoms with Crippen LogP contribution >= 0.6 is 0 Å². The minimum absolute atomic E-state index is 0.129. The van der Waals surface area contributed by atoms with Crippen LogP contribution in [0.25, 0.3) is 0 Å². The molecule has 3 nitrogen and oxygen atoms in total. The van der Waals surface area contributed by atoms with Gasteiger partial charge in [-0.15, -0.1) is 0 Å². The number of unbranched alkanes of at least 4 members (excludes halogenated alkanes) is 24. The number of hydrogen-bond donors (Lipinski definition) is 0. The van der Waals surface area contributed by atoms with E-state index >= 15 is 0 Å². The maximum absolute atomic E-state index is 6.34. The van der Waals surface area contributed by atoms with Crippen molar-refractivity contribution in [3.8, 4) is 0 Å². The Kier molecular flexibility index (Phi) is 35.7. The minimum atomic E-state index is -0.129. The van der Waals surface area contributed by atoms with E-state index in [-0.39, 0.29) is 6.41 Å². The Morgan fingerprint density at radius 2 is 0.667 bits per heavy atom. The molecule has 0 atom stereocenters. The molecule has 0 bridgehead atoms. The summed E-state index contributed by atoms with van der Waals surface area (Å²) < 4.78 is 13.5. The fraction of sp³-hybridized carbons (Fsp3) is 0.905. The maximum atomic E-state index is 6.34. The first-order valence-electron chi connectivity index (χ1n) is 20.4. The number of nitrogens with zero attached hydrogens (tertiary/aromatic N) is 1. The van der Waals surface area contributed by atoms with Gasteiger partial charge in [-0.2, -0.15) is 0 Å². The highest BCUT2D eigenvalue weighted by molar-refractivity contribution is 4.82. The van der Waals surface area contributed by atoms with Crippen molar-refractivity contribution >= 4 is 0 Å². The van der Waals surface area contributed by atoms with Gasteiger partial charge >= 0.3 is 6.41 Å². The van der Waals surface area contributed by atoms with Gasteiger partial charge in [0, 0.05) is 0 Å². The standard InChI is InChI=1S/C42H84NO2/c1-6-9-11-13-15-17-19-21-23-25-27-29-31-33-35-37-40-44-42(43(4,5)39-8-3)45-41-38-36-34-32-30-28-26-24-22-20-18-16-14-12-10-7-2/h21-24,42H,6-20,25-41H2,1-5H3/q+1/b23-21-,24-22-. The second-order valence-corrected chi connectivity index (χ2v) is 14.4. The molecular formula is C42H84NO2+. The van der Waals surface area contributed by atoms with Gasteiger partial charge in [-0.3, -0.25) is 4.48 Å². The molecule has 3 heteroatoms. The molecule has 0 fully saturated rings. The molecule has 0 spiro atoms. The summed E-state index contributed by atoms with van der Waals surface area (Å²) in [5.41, 5.74) is 0. The van der Waals surface area contributed by atoms with E-state index in [0.717, 1.165) is 43.5 Å². The summed E-state index contributed by atoms with van der Waals surface area (Å²) >= 11 is 0. The van der Waals surface area contributed by atoms with Crippen LogP contribution in [-0.4, -0.2) is 44.8 Å². The summed E-state index contributed by atoms with van der Waals surface area (Å²) in [5, 5.41) is 0. The monoisotopic (exact) mass is 635 g/mol. The summed E-state index contributed by atoms with van der Waals surface area (Å²) in [4.78, 5) is 0. The van der Waals surface area contributed by atoms with Crippen molar-refractivity contribution in [1.29, 1.82) is 0 Å². The quantitative estimate of drug-likeness (QED) is 0.0293. The summed E-state index contributed by atoms with van der Waals surface area (Å²) in [6.07, 6.45) is 48.2. The third-order valence-electron chi connectivity index (χ3n) is 9.20. The minimum Gasteiger partial charge on any atom is -0.306 e. The molecule has 0 unspecified atom stereocenters. The van der Waals surface area contributed by atoms with E-state index in [0.29, 0.717) is 0 Å².